The zero-order chi connectivity index (χ0) is 35.2. The highest BCUT2D eigenvalue weighted by Gasteiger charge is 2.50. The number of nitrogens with one attached hydrogen (secondary N) is 3. The second-order valence-corrected chi connectivity index (χ2v) is 17.8. The van der Waals surface area contributed by atoms with Crippen LogP contribution in [0.15, 0.2) is 102 Å². The van der Waals surface area contributed by atoms with Crippen LogP contribution in [-0.4, -0.2) is 75.0 Å². The van der Waals surface area contributed by atoms with Crippen molar-refractivity contribution in [3.05, 3.63) is 97.3 Å². The molecule has 0 fully saturated rings. The molecule has 1 atom stereocenters. The number of carbonyl (C=O) groups is 2. The third kappa shape index (κ3) is 8.13. The molecule has 49 heavy (non-hydrogen) atoms. The molecule has 262 valence electrons. The van der Waals surface area contributed by atoms with E-state index in [9.17, 15) is 18.0 Å². The largest absolute Gasteiger partial charge is 0.367 e. The van der Waals surface area contributed by atoms with Crippen LogP contribution in [0.5, 0.6) is 0 Å². The van der Waals surface area contributed by atoms with E-state index >= 15 is 0 Å². The molecule has 1 aliphatic heterocycles. The molecule has 0 spiro atoms. The Kier molecular flexibility index (Phi) is 11.4. The summed E-state index contributed by atoms with van der Waals surface area (Å²) in [4.78, 5) is 31.5. The van der Waals surface area contributed by atoms with E-state index in [2.05, 4.69) is 16.0 Å². The number of fused-ring (bicyclic) bond motifs is 1. The molecule has 0 saturated carbocycles. The lowest BCUT2D eigenvalue weighted by atomic mass is 10.2. The Labute approximate surface area is 299 Å². The standard InChI is InChI=1S/C34H40Cl2N6O5S2/c1-40-30-15-9-8-14-29(30)39-34(40,33(44)38-28-13-7-10-16-31(28)41(22-19-35)23-20-36)42-21-17-26(25-42)37-32(43)18-24-48(2,3)47-49(45,46)27-11-5-4-6-12-27/h4-17,21,25,39H,18-20,22-24H2,1-3H3,(H,37,43)(H,38,44). The maximum absolute atomic E-state index is 14.5. The summed E-state index contributed by atoms with van der Waals surface area (Å²) in [7, 11) is -4.28. The first-order chi connectivity index (χ1) is 23.4. The molecule has 15 heteroatoms. The summed E-state index contributed by atoms with van der Waals surface area (Å²) in [5.74, 6) is -1.14. The van der Waals surface area contributed by atoms with Gasteiger partial charge in [0, 0.05) is 56.5 Å². The van der Waals surface area contributed by atoms with Gasteiger partial charge in [-0.05, 0) is 55.0 Å². The number of benzene rings is 3. The summed E-state index contributed by atoms with van der Waals surface area (Å²) >= 11 is 12.2. The molecule has 1 aromatic heterocycles. The third-order valence-electron chi connectivity index (χ3n) is 8.05. The molecule has 4 aromatic rings. The molecule has 1 unspecified atom stereocenters. The van der Waals surface area contributed by atoms with Crippen LogP contribution < -0.4 is 25.8 Å². The summed E-state index contributed by atoms with van der Waals surface area (Å²) in [6, 6.07) is 24.7. The van der Waals surface area contributed by atoms with Gasteiger partial charge in [-0.2, -0.15) is 8.42 Å². The molecule has 3 aromatic carbocycles. The quantitative estimate of drug-likeness (QED) is 0.121. The van der Waals surface area contributed by atoms with E-state index in [-0.39, 0.29) is 28.9 Å². The summed E-state index contributed by atoms with van der Waals surface area (Å²) in [5, 5.41) is 9.44. The lowest BCUT2D eigenvalue weighted by molar-refractivity contribution is -0.123. The van der Waals surface area contributed by atoms with E-state index in [0.717, 1.165) is 17.1 Å². The molecular weight excluding hydrogens is 707 g/mol. The maximum atomic E-state index is 14.5. The van der Waals surface area contributed by atoms with Gasteiger partial charge in [-0.3, -0.25) is 9.59 Å². The molecule has 0 bridgehead atoms. The number of likely N-dealkylation sites (N-methyl/N-ethyl adjacent to an activating group) is 1. The molecule has 0 aliphatic carbocycles. The molecule has 2 heterocycles. The molecular formula is C34H40Cl2N6O5S2. The zero-order valence-corrected chi connectivity index (χ0v) is 30.6. The van der Waals surface area contributed by atoms with Crippen molar-refractivity contribution in [2.24, 2.45) is 0 Å². The van der Waals surface area contributed by atoms with Crippen LogP contribution in [-0.2, 0) is 29.1 Å². The molecule has 3 N–H and O–H groups in total. The lowest BCUT2D eigenvalue weighted by Gasteiger charge is -2.37. The van der Waals surface area contributed by atoms with E-state index in [1.807, 2.05) is 65.4 Å². The number of aromatic nitrogens is 1. The predicted octanol–water partition coefficient (Wildman–Crippen LogP) is 6.30. The highest BCUT2D eigenvalue weighted by atomic mass is 35.5. The Morgan fingerprint density at radius 1 is 0.898 bits per heavy atom. The lowest BCUT2D eigenvalue weighted by Crippen LogP contribution is -2.59. The van der Waals surface area contributed by atoms with Gasteiger partial charge >= 0.3 is 10.1 Å². The van der Waals surface area contributed by atoms with Gasteiger partial charge in [-0.15, -0.1) is 33.5 Å². The van der Waals surface area contributed by atoms with Crippen molar-refractivity contribution in [3.63, 3.8) is 0 Å². The van der Waals surface area contributed by atoms with Crippen molar-refractivity contribution in [1.29, 1.82) is 0 Å². The van der Waals surface area contributed by atoms with Crippen LogP contribution >= 0.6 is 33.5 Å². The van der Waals surface area contributed by atoms with E-state index in [1.54, 1.807) is 53.7 Å². The minimum Gasteiger partial charge on any atom is -0.367 e. The Morgan fingerprint density at radius 2 is 1.55 bits per heavy atom. The van der Waals surface area contributed by atoms with Gasteiger partial charge < -0.3 is 30.3 Å². The zero-order valence-electron chi connectivity index (χ0n) is 27.4. The molecule has 0 saturated heterocycles. The molecule has 0 radical (unpaired) electrons. The summed E-state index contributed by atoms with van der Waals surface area (Å²) in [6.07, 6.45) is 6.85. The first kappa shape index (κ1) is 36.4. The fourth-order valence-corrected chi connectivity index (χ4v) is 9.74. The molecule has 5 rings (SSSR count). The number of hydrogen-bond acceptors (Lipinski definition) is 8. The second kappa shape index (κ2) is 15.3. The average Bonchev–Trinajstić information content (AvgIpc) is 3.67. The fraction of sp³-hybridized carbons (Fsp3) is 0.294. The van der Waals surface area contributed by atoms with Crippen molar-refractivity contribution in [3.8, 4) is 0 Å². The highest BCUT2D eigenvalue weighted by molar-refractivity contribution is 8.32. The number of halogens is 2. The normalized spacial score (nSPS) is 16.1. The highest BCUT2D eigenvalue weighted by Crippen LogP contribution is 2.45. The molecule has 1 aliphatic rings. The SMILES string of the molecule is CN1c2ccccc2NC1(C(=O)Nc1ccccc1N(CCCl)CCCl)n1ccc(NC(=O)CCS(C)(C)OS(=O)(=O)c2ccccc2)c1. The van der Waals surface area contributed by atoms with Gasteiger partial charge in [0.05, 0.1) is 33.3 Å². The molecule has 11 nitrogen and oxygen atoms in total. The number of hydrogen-bond donors (Lipinski definition) is 3. The van der Waals surface area contributed by atoms with Crippen molar-refractivity contribution in [2.45, 2.75) is 17.1 Å². The summed E-state index contributed by atoms with van der Waals surface area (Å²) in [6.45, 7) is 1.09. The van der Waals surface area contributed by atoms with Gasteiger partial charge in [0.15, 0.2) is 0 Å². The monoisotopic (exact) mass is 746 g/mol. The minimum atomic E-state index is -3.97. The van der Waals surface area contributed by atoms with Gasteiger partial charge in [0.1, 0.15) is 0 Å². The Hall–Kier alpha value is -3.88. The Balaban J connectivity index is 1.35. The number of rotatable bonds is 15. The van der Waals surface area contributed by atoms with Crippen LogP contribution in [0.25, 0.3) is 0 Å². The van der Waals surface area contributed by atoms with Gasteiger partial charge in [-0.1, -0.05) is 42.5 Å². The number of nitrogens with zero attached hydrogens (tertiary/aromatic N) is 3. The number of carbonyl (C=O) groups excluding carboxylic acids is 2. The Morgan fingerprint density at radius 3 is 2.24 bits per heavy atom. The van der Waals surface area contributed by atoms with Crippen molar-refractivity contribution < 1.29 is 21.6 Å². The van der Waals surface area contributed by atoms with Crippen LogP contribution in [0.3, 0.4) is 0 Å². The van der Waals surface area contributed by atoms with Gasteiger partial charge in [0.25, 0.3) is 11.7 Å². The van der Waals surface area contributed by atoms with Gasteiger partial charge in [0.2, 0.25) is 5.91 Å². The van der Waals surface area contributed by atoms with E-state index in [0.29, 0.717) is 36.2 Å². The first-order valence-electron chi connectivity index (χ1n) is 15.5. The smallest absolute Gasteiger partial charge is 0.306 e. The van der Waals surface area contributed by atoms with Crippen molar-refractivity contribution in [2.75, 3.05) is 75.9 Å². The Bertz CT molecular complexity index is 1890. The number of alkyl halides is 2. The summed E-state index contributed by atoms with van der Waals surface area (Å²) < 4.78 is 32.8. The predicted molar refractivity (Wildman–Crippen MR) is 202 cm³/mol. The number of para-hydroxylation sites is 4. The van der Waals surface area contributed by atoms with Crippen molar-refractivity contribution >= 4 is 83.9 Å². The first-order valence-corrected chi connectivity index (χ1v) is 20.5. The average molecular weight is 748 g/mol. The second-order valence-electron chi connectivity index (χ2n) is 11.8. The fourth-order valence-electron chi connectivity index (χ4n) is 5.64. The van der Waals surface area contributed by atoms with E-state index < -0.39 is 26.2 Å². The van der Waals surface area contributed by atoms with E-state index in [1.165, 1.54) is 12.1 Å². The van der Waals surface area contributed by atoms with Crippen molar-refractivity contribution in [1.82, 2.24) is 4.57 Å². The van der Waals surface area contributed by atoms with Gasteiger partial charge in [-0.25, -0.2) is 3.63 Å². The van der Waals surface area contributed by atoms with Crippen LogP contribution in [0.4, 0.5) is 28.4 Å². The number of anilines is 5. The topological polar surface area (TPSA) is 125 Å². The maximum Gasteiger partial charge on any atom is 0.306 e. The summed E-state index contributed by atoms with van der Waals surface area (Å²) in [5.41, 5.74) is 3.41. The van der Waals surface area contributed by atoms with Crippen LogP contribution in [0.1, 0.15) is 6.42 Å². The molecule has 2 amide bonds. The van der Waals surface area contributed by atoms with E-state index in [4.69, 9.17) is 26.8 Å². The third-order valence-corrected chi connectivity index (χ3v) is 12.6. The minimum absolute atomic E-state index is 0.0327. The van der Waals surface area contributed by atoms with Crippen LogP contribution in [0.2, 0.25) is 0 Å². The van der Waals surface area contributed by atoms with Crippen LogP contribution in [0, 0.1) is 0 Å². The number of amides is 2.